The Morgan fingerprint density at radius 3 is 2.80 bits per heavy atom. The van der Waals surface area contributed by atoms with Crippen molar-refractivity contribution in [2.75, 3.05) is 7.11 Å². The highest BCUT2D eigenvalue weighted by molar-refractivity contribution is 6.55. The number of methoxy groups -OCH3 is 1. The lowest BCUT2D eigenvalue weighted by Crippen LogP contribution is -2.17. The first-order valence-electron chi connectivity index (χ1n) is 8.22. The van der Waals surface area contributed by atoms with Crippen LogP contribution < -0.4 is 11.2 Å². The maximum atomic E-state index is 12.2. The number of nitrogens with two attached hydrogens (primary N) is 1. The zero-order valence-electron chi connectivity index (χ0n) is 14.8. The third kappa shape index (κ3) is 2.95. The van der Waals surface area contributed by atoms with Crippen LogP contribution in [0.25, 0.3) is 22.2 Å². The summed E-state index contributed by atoms with van der Waals surface area (Å²) in [7, 11) is 3.34. The molecule has 1 atom stereocenters. The van der Waals surface area contributed by atoms with Crippen LogP contribution in [0.4, 0.5) is 0 Å². The molecule has 0 aliphatic heterocycles. The smallest absolute Gasteiger partial charge is 0.360 e. The number of aromatic amines is 1. The molecule has 1 radical (unpaired) electrons. The van der Waals surface area contributed by atoms with E-state index in [2.05, 4.69) is 9.97 Å². The molecule has 0 unspecified atom stereocenters. The number of para-hydroxylation sites is 1. The molecule has 2 aromatic heterocycles. The van der Waals surface area contributed by atoms with Gasteiger partial charge < -0.3 is 19.9 Å². The van der Waals surface area contributed by atoms with Crippen molar-refractivity contribution in [3.8, 4) is 11.3 Å². The Hall–Kier alpha value is -2.54. The van der Waals surface area contributed by atoms with Crippen LogP contribution >= 0.6 is 0 Å². The minimum Gasteiger partial charge on any atom is -0.464 e. The molecule has 0 saturated heterocycles. The molecule has 3 N–H and O–H groups in total. The topological polar surface area (TPSA) is 94.1 Å². The Labute approximate surface area is 147 Å². The molecule has 7 heteroatoms. The highest BCUT2D eigenvalue weighted by Gasteiger charge is 2.27. The van der Waals surface area contributed by atoms with Crippen molar-refractivity contribution >= 4 is 29.6 Å². The van der Waals surface area contributed by atoms with Gasteiger partial charge in [0.05, 0.1) is 13.2 Å². The van der Waals surface area contributed by atoms with E-state index in [0.29, 0.717) is 11.7 Å². The summed E-state index contributed by atoms with van der Waals surface area (Å²) in [5, 5.41) is 0.946. The number of hydrogen-bond acceptors (Lipinski definition) is 5. The molecule has 0 aliphatic rings. The average molecular weight is 338 g/mol. The number of H-pyrrole nitrogens is 1. The predicted octanol–water partition coefficient (Wildman–Crippen LogP) is 2.64. The number of hydrogen-bond donors (Lipinski definition) is 2. The summed E-state index contributed by atoms with van der Waals surface area (Å²) in [6, 6.07) is 5.55. The molecule has 0 aliphatic carbocycles. The third-order valence-corrected chi connectivity index (χ3v) is 4.33. The van der Waals surface area contributed by atoms with Gasteiger partial charge in [0.2, 0.25) is 5.89 Å². The molecular formula is C18H21BN3O3. The second-order valence-corrected chi connectivity index (χ2v) is 6.25. The van der Waals surface area contributed by atoms with Gasteiger partial charge in [0, 0.05) is 22.7 Å². The number of carbonyl (C=O) groups is 1. The van der Waals surface area contributed by atoms with Crippen LogP contribution in [0.3, 0.4) is 0 Å². The highest BCUT2D eigenvalue weighted by atomic mass is 16.5. The second kappa shape index (κ2) is 6.76. The van der Waals surface area contributed by atoms with E-state index in [4.69, 9.17) is 14.9 Å². The molecule has 0 fully saturated rings. The first-order valence-corrected chi connectivity index (χ1v) is 8.22. The van der Waals surface area contributed by atoms with Gasteiger partial charge in [-0.1, -0.05) is 44.3 Å². The number of benzene rings is 1. The summed E-state index contributed by atoms with van der Waals surface area (Å²) in [4.78, 5) is 19.8. The largest absolute Gasteiger partial charge is 0.464 e. The Kier molecular flexibility index (Phi) is 4.68. The molecular weight excluding hydrogens is 317 g/mol. The quantitative estimate of drug-likeness (QED) is 0.551. The fraction of sp³-hybridized carbons (Fsp3) is 0.333. The third-order valence-electron chi connectivity index (χ3n) is 4.33. The molecule has 25 heavy (non-hydrogen) atoms. The minimum absolute atomic E-state index is 0.126. The van der Waals surface area contributed by atoms with E-state index in [9.17, 15) is 4.79 Å². The number of rotatable bonds is 5. The first-order chi connectivity index (χ1) is 12.0. The van der Waals surface area contributed by atoms with Crippen LogP contribution in [0.2, 0.25) is 6.82 Å². The summed E-state index contributed by atoms with van der Waals surface area (Å²) in [6.07, 6.45) is 1.81. The van der Waals surface area contributed by atoms with Crippen molar-refractivity contribution < 1.29 is 13.9 Å². The van der Waals surface area contributed by atoms with Crippen LogP contribution in [-0.4, -0.2) is 30.3 Å². The number of aromatic nitrogens is 2. The van der Waals surface area contributed by atoms with Gasteiger partial charge in [0.1, 0.15) is 0 Å². The van der Waals surface area contributed by atoms with Gasteiger partial charge in [-0.05, 0) is 5.92 Å². The van der Waals surface area contributed by atoms with E-state index in [1.165, 1.54) is 7.11 Å². The number of ether oxygens (including phenoxy) is 1. The zero-order valence-corrected chi connectivity index (χ0v) is 14.8. The fourth-order valence-corrected chi connectivity index (χ4v) is 2.79. The molecule has 1 aromatic carbocycles. The van der Waals surface area contributed by atoms with Gasteiger partial charge in [-0.3, -0.25) is 0 Å². The number of carbonyl (C=O) groups excluding carboxylic acids is 1. The summed E-state index contributed by atoms with van der Waals surface area (Å²) >= 11 is 0. The summed E-state index contributed by atoms with van der Waals surface area (Å²) in [6.45, 7) is 5.92. The number of nitrogens with one attached hydrogen (secondary N) is 1. The molecule has 2 heterocycles. The van der Waals surface area contributed by atoms with Crippen LogP contribution in [0.5, 0.6) is 0 Å². The lowest BCUT2D eigenvalue weighted by Gasteiger charge is -2.10. The van der Waals surface area contributed by atoms with E-state index < -0.39 is 12.0 Å². The van der Waals surface area contributed by atoms with Crippen molar-refractivity contribution in [3.05, 3.63) is 36.0 Å². The maximum absolute atomic E-state index is 12.2. The summed E-state index contributed by atoms with van der Waals surface area (Å²) < 4.78 is 10.8. The Morgan fingerprint density at radius 1 is 1.40 bits per heavy atom. The van der Waals surface area contributed by atoms with Crippen LogP contribution in [0.15, 0.2) is 28.8 Å². The minimum atomic E-state index is -0.548. The lowest BCUT2D eigenvalue weighted by atomic mass is 9.72. The maximum Gasteiger partial charge on any atom is 0.360 e. The predicted molar refractivity (Wildman–Crippen MR) is 98.2 cm³/mol. The Bertz CT molecular complexity index is 914. The lowest BCUT2D eigenvalue weighted by molar-refractivity contribution is 0.0595. The molecule has 3 rings (SSSR count). The van der Waals surface area contributed by atoms with Crippen molar-refractivity contribution in [3.63, 3.8) is 0 Å². The molecule has 3 aromatic rings. The van der Waals surface area contributed by atoms with Gasteiger partial charge in [0.25, 0.3) is 0 Å². The van der Waals surface area contributed by atoms with E-state index in [1.54, 1.807) is 0 Å². The summed E-state index contributed by atoms with van der Waals surface area (Å²) in [5.74, 6) is 0.283. The van der Waals surface area contributed by atoms with Crippen LogP contribution in [0.1, 0.15) is 36.3 Å². The van der Waals surface area contributed by atoms with Gasteiger partial charge in [0.15, 0.2) is 18.7 Å². The number of esters is 1. The van der Waals surface area contributed by atoms with Gasteiger partial charge >= 0.3 is 5.97 Å². The molecule has 0 amide bonds. The van der Waals surface area contributed by atoms with E-state index in [-0.39, 0.29) is 11.6 Å². The monoisotopic (exact) mass is 338 g/mol. The van der Waals surface area contributed by atoms with Crippen LogP contribution in [0, 0.1) is 5.92 Å². The average Bonchev–Trinajstić information content (AvgIpc) is 3.23. The first kappa shape index (κ1) is 17.3. The highest BCUT2D eigenvalue weighted by Crippen LogP contribution is 2.33. The molecule has 129 valence electrons. The van der Waals surface area contributed by atoms with Crippen LogP contribution in [-0.2, 0) is 4.74 Å². The van der Waals surface area contributed by atoms with Gasteiger partial charge in [-0.2, -0.15) is 0 Å². The van der Waals surface area contributed by atoms with Crippen molar-refractivity contribution in [1.29, 1.82) is 0 Å². The molecule has 0 spiro atoms. The van der Waals surface area contributed by atoms with Crippen molar-refractivity contribution in [2.45, 2.75) is 26.7 Å². The molecule has 0 bridgehead atoms. The second-order valence-electron chi connectivity index (χ2n) is 6.25. The SMILES string of the molecule is C[B]c1cccc2c(-c3oc([C@@H](N)C(C)C)nc3C(=O)OC)c[nH]c12. The number of nitrogens with zero attached hydrogens (tertiary/aromatic N) is 1. The fourth-order valence-electron chi connectivity index (χ4n) is 2.79. The number of oxazole rings is 1. The Balaban J connectivity index is 2.21. The standard InChI is InChI=1S/C18H21BN3O3/c1-9(2)13(20)17-22-15(18(23)24-4)16(25-17)11-8-21-14-10(11)6-5-7-12(14)19-3/h5-9,13,21H,20H2,1-4H3/t13-/m0/s1. The van der Waals surface area contributed by atoms with Crippen molar-refractivity contribution in [1.82, 2.24) is 9.97 Å². The zero-order chi connectivity index (χ0) is 18.1. The molecule has 6 nitrogen and oxygen atoms in total. The normalized spacial score (nSPS) is 12.6. The number of fused-ring (bicyclic) bond motifs is 1. The van der Waals surface area contributed by atoms with Gasteiger partial charge in [-0.25, -0.2) is 9.78 Å². The van der Waals surface area contributed by atoms with Gasteiger partial charge in [-0.15, -0.1) is 0 Å². The van der Waals surface area contributed by atoms with Crippen molar-refractivity contribution in [2.24, 2.45) is 11.7 Å². The summed E-state index contributed by atoms with van der Waals surface area (Å²) in [5.41, 5.74) is 9.09. The van der Waals surface area contributed by atoms with E-state index in [0.717, 1.165) is 21.9 Å². The Morgan fingerprint density at radius 2 is 2.16 bits per heavy atom. The van der Waals surface area contributed by atoms with E-state index >= 15 is 0 Å². The molecule has 0 saturated carbocycles. The van der Waals surface area contributed by atoms with E-state index in [1.807, 2.05) is 52.3 Å².